The van der Waals surface area contributed by atoms with Crippen molar-refractivity contribution in [2.45, 2.75) is 12.3 Å². The third kappa shape index (κ3) is 3.38. The number of carbonyl (C=O) groups excluding carboxylic acids is 1. The molecule has 1 heterocycles. The van der Waals surface area contributed by atoms with Gasteiger partial charge in [-0.2, -0.15) is 8.78 Å². The summed E-state index contributed by atoms with van der Waals surface area (Å²) in [4.78, 5) is 15.6. The molecule has 0 atom stereocenters. The third-order valence-corrected chi connectivity index (χ3v) is 2.81. The molecule has 0 aliphatic heterocycles. The molecule has 2 aromatic rings. The van der Waals surface area contributed by atoms with Crippen LogP contribution in [0.15, 0.2) is 54.7 Å². The van der Waals surface area contributed by atoms with E-state index in [0.717, 1.165) is 5.69 Å². The minimum atomic E-state index is -3.52. The van der Waals surface area contributed by atoms with E-state index in [0.29, 0.717) is 6.42 Å². The Morgan fingerprint density at radius 2 is 1.80 bits per heavy atom. The number of hydrogen-bond acceptors (Lipinski definition) is 2. The first-order valence-corrected chi connectivity index (χ1v) is 6.22. The molecule has 2 rings (SSSR count). The second-order valence-corrected chi connectivity index (χ2v) is 4.27. The van der Waals surface area contributed by atoms with E-state index in [4.69, 9.17) is 0 Å². The SMILES string of the molecule is O=C(NCCc1ccccn1)C(F)(F)c1ccccc1. The standard InChI is InChI=1S/C15H14F2N2O/c16-15(17,12-6-2-1-3-7-12)14(20)19-11-9-13-8-4-5-10-18-13/h1-8,10H,9,11H2,(H,19,20). The molecule has 20 heavy (non-hydrogen) atoms. The summed E-state index contributed by atoms with van der Waals surface area (Å²) >= 11 is 0. The van der Waals surface area contributed by atoms with Gasteiger partial charge in [-0.25, -0.2) is 0 Å². The van der Waals surface area contributed by atoms with Crippen molar-refractivity contribution in [1.29, 1.82) is 0 Å². The maximum atomic E-state index is 13.8. The lowest BCUT2D eigenvalue weighted by Gasteiger charge is -2.16. The molecule has 0 radical (unpaired) electrons. The average Bonchev–Trinajstić information content (AvgIpc) is 2.49. The van der Waals surface area contributed by atoms with Crippen molar-refractivity contribution in [2.24, 2.45) is 0 Å². The van der Waals surface area contributed by atoms with Crippen LogP contribution in [0.2, 0.25) is 0 Å². The summed E-state index contributed by atoms with van der Waals surface area (Å²) in [5, 5.41) is 2.24. The lowest BCUT2D eigenvalue weighted by atomic mass is 10.1. The number of alkyl halides is 2. The Morgan fingerprint density at radius 1 is 1.10 bits per heavy atom. The lowest BCUT2D eigenvalue weighted by molar-refractivity contribution is -0.146. The highest BCUT2D eigenvalue weighted by Gasteiger charge is 2.40. The molecule has 1 aromatic carbocycles. The van der Waals surface area contributed by atoms with E-state index in [1.54, 1.807) is 24.4 Å². The highest BCUT2D eigenvalue weighted by atomic mass is 19.3. The molecule has 0 spiro atoms. The summed E-state index contributed by atoms with van der Waals surface area (Å²) in [7, 11) is 0. The molecule has 1 amide bonds. The highest BCUT2D eigenvalue weighted by Crippen LogP contribution is 2.27. The van der Waals surface area contributed by atoms with E-state index < -0.39 is 11.8 Å². The minimum absolute atomic E-state index is 0.123. The molecular weight excluding hydrogens is 262 g/mol. The molecule has 0 bridgehead atoms. The van der Waals surface area contributed by atoms with E-state index in [1.165, 1.54) is 24.3 Å². The Bertz CT molecular complexity index is 559. The van der Waals surface area contributed by atoms with Crippen LogP contribution in [-0.4, -0.2) is 17.4 Å². The van der Waals surface area contributed by atoms with Gasteiger partial charge in [0, 0.05) is 30.4 Å². The first-order chi connectivity index (χ1) is 9.60. The molecule has 5 heteroatoms. The number of hydrogen-bond donors (Lipinski definition) is 1. The number of pyridine rings is 1. The summed E-state index contributed by atoms with van der Waals surface area (Å²) in [5.41, 5.74) is 0.436. The van der Waals surface area contributed by atoms with Gasteiger partial charge < -0.3 is 5.32 Å². The Balaban J connectivity index is 1.91. The smallest absolute Gasteiger partial charge is 0.349 e. The van der Waals surface area contributed by atoms with Crippen LogP contribution in [0.4, 0.5) is 8.78 Å². The molecule has 0 aliphatic rings. The van der Waals surface area contributed by atoms with E-state index >= 15 is 0 Å². The number of aromatic nitrogens is 1. The van der Waals surface area contributed by atoms with Gasteiger partial charge in [0.1, 0.15) is 0 Å². The fourth-order valence-electron chi connectivity index (χ4n) is 1.74. The number of carbonyl (C=O) groups is 1. The highest BCUT2D eigenvalue weighted by molar-refractivity contribution is 5.84. The molecule has 104 valence electrons. The number of amides is 1. The minimum Gasteiger partial charge on any atom is -0.350 e. The summed E-state index contributed by atoms with van der Waals surface area (Å²) < 4.78 is 27.7. The topological polar surface area (TPSA) is 42.0 Å². The second-order valence-electron chi connectivity index (χ2n) is 4.27. The van der Waals surface area contributed by atoms with Crippen LogP contribution >= 0.6 is 0 Å². The van der Waals surface area contributed by atoms with Crippen molar-refractivity contribution in [3.8, 4) is 0 Å². The van der Waals surface area contributed by atoms with Gasteiger partial charge in [0.2, 0.25) is 0 Å². The van der Waals surface area contributed by atoms with Gasteiger partial charge in [0.15, 0.2) is 0 Å². The molecule has 1 aromatic heterocycles. The van der Waals surface area contributed by atoms with Crippen molar-refractivity contribution in [3.05, 3.63) is 66.0 Å². The molecular formula is C15H14F2N2O. The van der Waals surface area contributed by atoms with Gasteiger partial charge in [-0.15, -0.1) is 0 Å². The van der Waals surface area contributed by atoms with Crippen LogP contribution in [0.3, 0.4) is 0 Å². The molecule has 0 unspecified atom stereocenters. The molecule has 0 fully saturated rings. The average molecular weight is 276 g/mol. The molecule has 0 saturated carbocycles. The molecule has 3 nitrogen and oxygen atoms in total. The van der Waals surface area contributed by atoms with Crippen molar-refractivity contribution >= 4 is 5.91 Å². The normalized spacial score (nSPS) is 11.1. The number of halogens is 2. The predicted molar refractivity (Wildman–Crippen MR) is 71.3 cm³/mol. The number of benzene rings is 1. The van der Waals surface area contributed by atoms with Crippen molar-refractivity contribution in [2.75, 3.05) is 6.54 Å². The fraction of sp³-hybridized carbons (Fsp3) is 0.200. The summed E-state index contributed by atoms with van der Waals surface area (Å²) in [6.07, 6.45) is 2.03. The van der Waals surface area contributed by atoms with Gasteiger partial charge >= 0.3 is 5.92 Å². The van der Waals surface area contributed by atoms with Crippen molar-refractivity contribution in [3.63, 3.8) is 0 Å². The second kappa shape index (κ2) is 6.23. The molecule has 1 N–H and O–H groups in total. The predicted octanol–water partition coefficient (Wildman–Crippen LogP) is 2.53. The van der Waals surface area contributed by atoms with Crippen molar-refractivity contribution < 1.29 is 13.6 Å². The van der Waals surface area contributed by atoms with Gasteiger partial charge in [0.05, 0.1) is 0 Å². The monoisotopic (exact) mass is 276 g/mol. The fourth-order valence-corrected chi connectivity index (χ4v) is 1.74. The Labute approximate surface area is 115 Å². The number of nitrogens with one attached hydrogen (secondary N) is 1. The maximum Gasteiger partial charge on any atom is 0.349 e. The molecule has 0 aliphatic carbocycles. The third-order valence-electron chi connectivity index (χ3n) is 2.81. The Hall–Kier alpha value is -2.30. The van der Waals surface area contributed by atoms with Crippen LogP contribution in [-0.2, 0) is 17.1 Å². The number of nitrogens with zero attached hydrogens (tertiary/aromatic N) is 1. The van der Waals surface area contributed by atoms with E-state index in [-0.39, 0.29) is 12.1 Å². The Morgan fingerprint density at radius 3 is 2.45 bits per heavy atom. The van der Waals surface area contributed by atoms with Gasteiger partial charge in [0.25, 0.3) is 5.91 Å². The van der Waals surface area contributed by atoms with E-state index in [2.05, 4.69) is 10.3 Å². The van der Waals surface area contributed by atoms with Gasteiger partial charge in [-0.3, -0.25) is 9.78 Å². The van der Waals surface area contributed by atoms with Gasteiger partial charge in [-0.05, 0) is 12.1 Å². The van der Waals surface area contributed by atoms with Gasteiger partial charge in [-0.1, -0.05) is 36.4 Å². The zero-order chi connectivity index (χ0) is 14.4. The molecule has 0 saturated heterocycles. The first-order valence-electron chi connectivity index (χ1n) is 6.22. The summed E-state index contributed by atoms with van der Waals surface area (Å²) in [5.74, 6) is -4.81. The largest absolute Gasteiger partial charge is 0.350 e. The quantitative estimate of drug-likeness (QED) is 0.911. The van der Waals surface area contributed by atoms with Crippen LogP contribution in [0, 0.1) is 0 Å². The van der Waals surface area contributed by atoms with Crippen molar-refractivity contribution in [1.82, 2.24) is 10.3 Å². The first kappa shape index (κ1) is 14.1. The zero-order valence-electron chi connectivity index (χ0n) is 10.7. The van der Waals surface area contributed by atoms with E-state index in [9.17, 15) is 13.6 Å². The lowest BCUT2D eigenvalue weighted by Crippen LogP contribution is -2.39. The maximum absolute atomic E-state index is 13.8. The zero-order valence-corrected chi connectivity index (χ0v) is 10.7. The summed E-state index contributed by atoms with van der Waals surface area (Å²) in [6, 6.07) is 12.4. The number of rotatable bonds is 5. The Kier molecular flexibility index (Phi) is 4.40. The van der Waals surface area contributed by atoms with E-state index in [1.807, 2.05) is 6.07 Å². The van der Waals surface area contributed by atoms with Crippen LogP contribution < -0.4 is 5.32 Å². The summed E-state index contributed by atoms with van der Waals surface area (Å²) in [6.45, 7) is 0.123. The van der Waals surface area contributed by atoms with Crippen LogP contribution in [0.5, 0.6) is 0 Å². The van der Waals surface area contributed by atoms with Crippen LogP contribution in [0.1, 0.15) is 11.3 Å². The van der Waals surface area contributed by atoms with Crippen LogP contribution in [0.25, 0.3) is 0 Å².